The highest BCUT2D eigenvalue weighted by Gasteiger charge is 2.30. The number of allylic oxidation sites excluding steroid dienone is 2. The highest BCUT2D eigenvalue weighted by atomic mass is 16.5. The highest BCUT2D eigenvalue weighted by Crippen LogP contribution is 2.43. The maximum absolute atomic E-state index is 10.5. The smallest absolute Gasteiger partial charge is 0.133 e. The third-order valence-electron chi connectivity index (χ3n) is 5.13. The molecule has 0 aliphatic carbocycles. The van der Waals surface area contributed by atoms with Crippen LogP contribution < -0.4 is 9.47 Å². The lowest BCUT2D eigenvalue weighted by Crippen LogP contribution is -2.33. The summed E-state index contributed by atoms with van der Waals surface area (Å²) in [4.78, 5) is 0. The van der Waals surface area contributed by atoms with Crippen LogP contribution in [0.5, 0.6) is 11.5 Å². The highest BCUT2D eigenvalue weighted by molar-refractivity contribution is 5.70. The fourth-order valence-electron chi connectivity index (χ4n) is 3.40. The molecule has 0 fully saturated rings. The molecule has 3 rings (SSSR count). The molecular weight excluding hydrogens is 352 g/mol. The molecule has 4 heteroatoms. The van der Waals surface area contributed by atoms with E-state index in [1.165, 1.54) is 0 Å². The second kappa shape index (κ2) is 8.17. The number of benzene rings is 1. The van der Waals surface area contributed by atoms with Crippen molar-refractivity contribution in [3.63, 3.8) is 0 Å². The Labute approximate surface area is 167 Å². The van der Waals surface area contributed by atoms with Gasteiger partial charge < -0.3 is 19.3 Å². The summed E-state index contributed by atoms with van der Waals surface area (Å²) in [7, 11) is 0. The summed E-state index contributed by atoms with van der Waals surface area (Å²) < 4.78 is 17.8. The van der Waals surface area contributed by atoms with Gasteiger partial charge in [-0.3, -0.25) is 0 Å². The lowest BCUT2D eigenvalue weighted by Gasteiger charge is -2.34. The van der Waals surface area contributed by atoms with Gasteiger partial charge in [0.05, 0.1) is 6.61 Å². The molecule has 0 radical (unpaired) electrons. The Balaban J connectivity index is 1.89. The minimum absolute atomic E-state index is 0.142. The predicted molar refractivity (Wildman–Crippen MR) is 113 cm³/mol. The van der Waals surface area contributed by atoms with Crippen molar-refractivity contribution < 1.29 is 19.3 Å². The van der Waals surface area contributed by atoms with E-state index in [9.17, 15) is 5.11 Å². The first-order valence-corrected chi connectivity index (χ1v) is 9.90. The Hall–Kier alpha value is -2.62. The lowest BCUT2D eigenvalue weighted by molar-refractivity contribution is 0.0833. The van der Waals surface area contributed by atoms with Crippen molar-refractivity contribution in [2.75, 3.05) is 13.2 Å². The fourth-order valence-corrected chi connectivity index (χ4v) is 3.40. The summed E-state index contributed by atoms with van der Waals surface area (Å²) >= 11 is 0. The van der Waals surface area contributed by atoms with Gasteiger partial charge in [0.2, 0.25) is 0 Å². The number of hydrogen-bond acceptors (Lipinski definition) is 4. The van der Waals surface area contributed by atoms with Crippen LogP contribution in [0.4, 0.5) is 0 Å². The monoisotopic (exact) mass is 382 g/mol. The van der Waals surface area contributed by atoms with E-state index in [0.717, 1.165) is 53.0 Å². The van der Waals surface area contributed by atoms with E-state index in [1.807, 2.05) is 26.0 Å². The van der Waals surface area contributed by atoms with Gasteiger partial charge >= 0.3 is 0 Å². The molecule has 2 heterocycles. The van der Waals surface area contributed by atoms with E-state index in [4.69, 9.17) is 14.2 Å². The summed E-state index contributed by atoms with van der Waals surface area (Å²) in [5.41, 5.74) is 3.72. The number of ether oxygens (including phenoxy) is 3. The standard InChI is InChI=1S/C24H30O4/c1-6-12-26-19(7-2)14-21(25)16(3)18-13-17-8-9-22-20(23(17)27-15-18)10-11-24(4,5)28-22/h7-9,13-14,25H,2,6,10-12,15H2,1,3-5H3/b19-14+,21-16-. The summed E-state index contributed by atoms with van der Waals surface area (Å²) in [5, 5.41) is 10.5. The SMILES string of the molecule is C=C/C(=C\C(O)=C(/C)C1=Cc2ccc3c(c2OC1)CCC(C)(C)O3)OCCC. The van der Waals surface area contributed by atoms with E-state index >= 15 is 0 Å². The van der Waals surface area contributed by atoms with Gasteiger partial charge in [0.15, 0.2) is 0 Å². The van der Waals surface area contributed by atoms with E-state index in [-0.39, 0.29) is 11.4 Å². The number of aliphatic hydroxyl groups excluding tert-OH is 1. The average molecular weight is 383 g/mol. The maximum Gasteiger partial charge on any atom is 0.133 e. The van der Waals surface area contributed by atoms with Gasteiger partial charge in [-0.15, -0.1) is 0 Å². The van der Waals surface area contributed by atoms with Crippen molar-refractivity contribution >= 4 is 6.08 Å². The van der Waals surface area contributed by atoms with Gasteiger partial charge in [-0.2, -0.15) is 0 Å². The van der Waals surface area contributed by atoms with Gasteiger partial charge in [-0.05, 0) is 75.5 Å². The van der Waals surface area contributed by atoms with Crippen LogP contribution in [0.3, 0.4) is 0 Å². The Morgan fingerprint density at radius 1 is 1.36 bits per heavy atom. The zero-order valence-electron chi connectivity index (χ0n) is 17.3. The molecule has 0 bridgehead atoms. The number of aliphatic hydroxyl groups is 1. The Bertz CT molecular complexity index is 856. The van der Waals surface area contributed by atoms with Crippen molar-refractivity contribution in [1.82, 2.24) is 0 Å². The van der Waals surface area contributed by atoms with Crippen LogP contribution >= 0.6 is 0 Å². The van der Waals surface area contributed by atoms with Crippen LogP contribution in [-0.4, -0.2) is 23.9 Å². The summed E-state index contributed by atoms with van der Waals surface area (Å²) in [6.07, 6.45) is 8.09. The second-order valence-corrected chi connectivity index (χ2v) is 7.89. The molecule has 0 atom stereocenters. The lowest BCUT2D eigenvalue weighted by atomic mass is 9.91. The third kappa shape index (κ3) is 4.27. The van der Waals surface area contributed by atoms with Crippen LogP contribution in [0.25, 0.3) is 6.08 Å². The molecule has 2 aliphatic heterocycles. The van der Waals surface area contributed by atoms with Gasteiger partial charge in [-0.25, -0.2) is 0 Å². The second-order valence-electron chi connectivity index (χ2n) is 7.89. The number of fused-ring (bicyclic) bond motifs is 3. The Kier molecular flexibility index (Phi) is 5.87. The van der Waals surface area contributed by atoms with E-state index in [0.29, 0.717) is 19.0 Å². The van der Waals surface area contributed by atoms with E-state index < -0.39 is 0 Å². The molecular formula is C24H30O4. The van der Waals surface area contributed by atoms with Crippen molar-refractivity contribution in [3.05, 3.63) is 64.7 Å². The molecule has 0 amide bonds. The van der Waals surface area contributed by atoms with Crippen LogP contribution in [0.15, 0.2) is 53.5 Å². The first-order chi connectivity index (χ1) is 13.3. The number of rotatable bonds is 6. The van der Waals surface area contributed by atoms with E-state index in [2.05, 4.69) is 26.5 Å². The largest absolute Gasteiger partial charge is 0.508 e. The molecule has 0 spiro atoms. The zero-order valence-corrected chi connectivity index (χ0v) is 17.3. The zero-order chi connectivity index (χ0) is 20.3. The molecule has 150 valence electrons. The minimum atomic E-state index is -0.142. The maximum atomic E-state index is 10.5. The predicted octanol–water partition coefficient (Wildman–Crippen LogP) is 5.89. The van der Waals surface area contributed by atoms with Crippen molar-refractivity contribution in [2.45, 2.75) is 52.6 Å². The number of hydrogen-bond donors (Lipinski definition) is 1. The first-order valence-electron chi connectivity index (χ1n) is 9.90. The molecule has 28 heavy (non-hydrogen) atoms. The van der Waals surface area contributed by atoms with Crippen LogP contribution in [-0.2, 0) is 11.2 Å². The van der Waals surface area contributed by atoms with Crippen LogP contribution in [0.2, 0.25) is 0 Å². The molecule has 1 aromatic rings. The molecule has 0 unspecified atom stereocenters. The molecule has 2 aliphatic rings. The first kappa shape index (κ1) is 20.1. The van der Waals surface area contributed by atoms with Gasteiger partial charge in [-0.1, -0.05) is 13.5 Å². The molecule has 0 aromatic heterocycles. The van der Waals surface area contributed by atoms with Crippen LogP contribution in [0, 0.1) is 0 Å². The van der Waals surface area contributed by atoms with Crippen LogP contribution in [0.1, 0.15) is 51.7 Å². The van der Waals surface area contributed by atoms with Gasteiger partial charge in [0, 0.05) is 17.2 Å². The Morgan fingerprint density at radius 3 is 2.86 bits per heavy atom. The molecule has 1 N–H and O–H groups in total. The molecule has 4 nitrogen and oxygen atoms in total. The molecule has 1 aromatic carbocycles. The van der Waals surface area contributed by atoms with Crippen molar-refractivity contribution in [3.8, 4) is 11.5 Å². The van der Waals surface area contributed by atoms with Gasteiger partial charge in [0.1, 0.15) is 35.2 Å². The summed E-state index contributed by atoms with van der Waals surface area (Å²) in [6, 6.07) is 4.04. The Morgan fingerprint density at radius 2 is 2.14 bits per heavy atom. The average Bonchev–Trinajstić information content (AvgIpc) is 2.68. The van der Waals surface area contributed by atoms with Crippen molar-refractivity contribution in [2.24, 2.45) is 0 Å². The third-order valence-corrected chi connectivity index (χ3v) is 5.13. The topological polar surface area (TPSA) is 47.9 Å². The molecule has 0 saturated carbocycles. The minimum Gasteiger partial charge on any atom is -0.508 e. The molecule has 0 saturated heterocycles. The quantitative estimate of drug-likeness (QED) is 0.492. The fraction of sp³-hybridized carbons (Fsp3) is 0.417. The normalized spacial score (nSPS) is 18.6. The summed E-state index contributed by atoms with van der Waals surface area (Å²) in [6.45, 7) is 12.9. The summed E-state index contributed by atoms with van der Waals surface area (Å²) in [5.74, 6) is 2.53. The van der Waals surface area contributed by atoms with E-state index in [1.54, 1.807) is 12.2 Å². The van der Waals surface area contributed by atoms with Gasteiger partial charge in [0.25, 0.3) is 0 Å². The van der Waals surface area contributed by atoms with Crippen molar-refractivity contribution in [1.29, 1.82) is 0 Å².